The highest BCUT2D eigenvalue weighted by Crippen LogP contribution is 2.42. The number of hydrogen-bond acceptors (Lipinski definition) is 7. The fraction of sp³-hybridized carbons (Fsp3) is 0.593. The normalized spacial score (nSPS) is 30.2. The first-order chi connectivity index (χ1) is 18.8. The second kappa shape index (κ2) is 11.7. The largest absolute Gasteiger partial charge is 0.416 e. The van der Waals surface area contributed by atoms with E-state index in [1.807, 2.05) is 17.1 Å². The van der Waals surface area contributed by atoms with Gasteiger partial charge in [0.25, 0.3) is 0 Å². The zero-order chi connectivity index (χ0) is 29.2. The van der Waals surface area contributed by atoms with Crippen LogP contribution in [0.15, 0.2) is 47.6 Å². The Labute approximate surface area is 229 Å². The van der Waals surface area contributed by atoms with Gasteiger partial charge in [-0.05, 0) is 49.4 Å². The van der Waals surface area contributed by atoms with E-state index in [9.17, 15) is 26.3 Å². The number of piperidine rings is 1. The Hall–Kier alpha value is -2.61. The second-order valence-electron chi connectivity index (χ2n) is 10.7. The molecule has 222 valence electrons. The van der Waals surface area contributed by atoms with Crippen LogP contribution in [0.4, 0.5) is 26.3 Å². The summed E-state index contributed by atoms with van der Waals surface area (Å²) in [4.78, 5) is 1.94. The first-order valence-corrected chi connectivity index (χ1v) is 13.1. The Morgan fingerprint density at radius 1 is 1.10 bits per heavy atom. The summed E-state index contributed by atoms with van der Waals surface area (Å²) in [6, 6.07) is 1.57. The summed E-state index contributed by atoms with van der Waals surface area (Å²) in [5, 5.41) is 7.78. The van der Waals surface area contributed by atoms with Gasteiger partial charge in [0.05, 0.1) is 29.4 Å². The van der Waals surface area contributed by atoms with E-state index < -0.39 is 40.7 Å². The smallest absolute Gasteiger partial charge is 0.372 e. The summed E-state index contributed by atoms with van der Waals surface area (Å²) in [5.74, 6) is 0.0721. The highest BCUT2D eigenvalue weighted by molar-refractivity contribution is 5.56. The van der Waals surface area contributed by atoms with Crippen LogP contribution in [0.3, 0.4) is 0 Å². The molecule has 7 nitrogen and oxygen atoms in total. The van der Waals surface area contributed by atoms with Crippen molar-refractivity contribution in [2.24, 2.45) is 22.7 Å². The van der Waals surface area contributed by atoms with Gasteiger partial charge in [-0.3, -0.25) is 5.43 Å². The Kier molecular flexibility index (Phi) is 8.88. The van der Waals surface area contributed by atoms with Gasteiger partial charge in [-0.2, -0.15) is 31.4 Å². The molecule has 1 fully saturated rings. The number of benzene rings is 1. The van der Waals surface area contributed by atoms with Crippen molar-refractivity contribution in [1.82, 2.24) is 15.6 Å². The van der Waals surface area contributed by atoms with Gasteiger partial charge < -0.3 is 25.4 Å². The van der Waals surface area contributed by atoms with Gasteiger partial charge in [0.2, 0.25) is 0 Å². The van der Waals surface area contributed by atoms with E-state index in [4.69, 9.17) is 15.2 Å². The average molecular weight is 576 g/mol. The highest BCUT2D eigenvalue weighted by atomic mass is 19.4. The summed E-state index contributed by atoms with van der Waals surface area (Å²) < 4.78 is 92.3. The number of nitrogens with zero attached hydrogens (tertiary/aromatic N) is 2. The van der Waals surface area contributed by atoms with Crippen molar-refractivity contribution in [2.75, 3.05) is 33.2 Å². The fourth-order valence-corrected chi connectivity index (χ4v) is 5.63. The van der Waals surface area contributed by atoms with E-state index in [0.29, 0.717) is 25.9 Å². The molecule has 1 saturated heterocycles. The van der Waals surface area contributed by atoms with Gasteiger partial charge in [-0.25, -0.2) is 0 Å². The van der Waals surface area contributed by atoms with Crippen LogP contribution in [0.1, 0.15) is 49.5 Å². The van der Waals surface area contributed by atoms with E-state index in [-0.39, 0.29) is 43.5 Å². The Bertz CT molecular complexity index is 1080. The number of nitrogens with two attached hydrogens (primary N) is 1. The van der Waals surface area contributed by atoms with Crippen LogP contribution in [0.25, 0.3) is 0 Å². The molecule has 0 saturated carbocycles. The fourth-order valence-electron chi connectivity index (χ4n) is 5.63. The average Bonchev–Trinajstić information content (AvgIpc) is 3.21. The minimum Gasteiger partial charge on any atom is -0.372 e. The maximum Gasteiger partial charge on any atom is 0.416 e. The van der Waals surface area contributed by atoms with E-state index in [2.05, 4.69) is 34.9 Å². The molecule has 4 rings (SSSR count). The number of halogens is 6. The molecule has 1 aliphatic carbocycles. The lowest BCUT2D eigenvalue weighted by Crippen LogP contribution is -2.70. The number of hydrogen-bond donors (Lipinski definition) is 3. The molecule has 5 atom stereocenters. The van der Waals surface area contributed by atoms with Gasteiger partial charge in [-0.15, -0.1) is 0 Å². The summed E-state index contributed by atoms with van der Waals surface area (Å²) in [7, 11) is 0. The van der Waals surface area contributed by atoms with Crippen molar-refractivity contribution in [3.8, 4) is 0 Å². The maximum absolute atomic E-state index is 13.4. The van der Waals surface area contributed by atoms with Gasteiger partial charge in [-0.1, -0.05) is 31.2 Å². The molecular weight excluding hydrogens is 540 g/mol. The van der Waals surface area contributed by atoms with Crippen molar-refractivity contribution in [1.29, 1.82) is 0 Å². The van der Waals surface area contributed by atoms with Crippen LogP contribution in [-0.4, -0.2) is 55.5 Å². The molecule has 4 N–H and O–H groups in total. The van der Waals surface area contributed by atoms with Gasteiger partial charge in [0.1, 0.15) is 19.8 Å². The highest BCUT2D eigenvalue weighted by Gasteiger charge is 2.49. The number of hydrazone groups is 1. The van der Waals surface area contributed by atoms with E-state index >= 15 is 0 Å². The van der Waals surface area contributed by atoms with E-state index in [0.717, 1.165) is 12.1 Å². The molecule has 0 aromatic heterocycles. The van der Waals surface area contributed by atoms with Crippen LogP contribution in [0.2, 0.25) is 0 Å². The van der Waals surface area contributed by atoms with Crippen molar-refractivity contribution in [2.45, 2.75) is 56.2 Å². The standard InChI is InChI=1S/C27H35F6N5O2/c1-18-5-3-4-6-23(18)25(8-7-24(12-34,13-35-25)38-15-36-37-16-39-17-38)14-40-19(2)20-9-21(26(28,29)30)11-22(10-20)27(31,32)33/h3-6,9-11,15,18-19,23,35,37H,7-8,12-14,16-17,34H2,1-2H3/t18?,19-,23?,24-,25-/m1/s1. The number of allylic oxidation sites excluding steroid dienone is 3. The quantitative estimate of drug-likeness (QED) is 0.406. The first kappa shape index (κ1) is 30.4. The molecule has 3 aliphatic rings. The predicted octanol–water partition coefficient (Wildman–Crippen LogP) is 4.78. The third-order valence-corrected chi connectivity index (χ3v) is 8.20. The third-order valence-electron chi connectivity index (χ3n) is 8.20. The molecule has 0 amide bonds. The minimum atomic E-state index is -4.93. The summed E-state index contributed by atoms with van der Waals surface area (Å²) in [6.45, 7) is 4.89. The zero-order valence-corrected chi connectivity index (χ0v) is 22.4. The lowest BCUT2D eigenvalue weighted by Gasteiger charge is -2.54. The Morgan fingerprint density at radius 2 is 1.77 bits per heavy atom. The van der Waals surface area contributed by atoms with Crippen molar-refractivity contribution >= 4 is 6.34 Å². The number of rotatable bonds is 7. The van der Waals surface area contributed by atoms with Crippen LogP contribution in [-0.2, 0) is 21.8 Å². The molecule has 1 aromatic rings. The lowest BCUT2D eigenvalue weighted by molar-refractivity contribution is -0.143. The van der Waals surface area contributed by atoms with Crippen molar-refractivity contribution < 1.29 is 35.8 Å². The van der Waals surface area contributed by atoms with Gasteiger partial charge in [0.15, 0.2) is 0 Å². The molecular formula is C27H35F6N5O2. The number of ether oxygens (including phenoxy) is 2. The summed E-state index contributed by atoms with van der Waals surface area (Å²) in [6.07, 6.45) is -0.0140. The van der Waals surface area contributed by atoms with Crippen LogP contribution < -0.4 is 16.5 Å². The molecule has 2 aliphatic heterocycles. The molecule has 0 radical (unpaired) electrons. The summed E-state index contributed by atoms with van der Waals surface area (Å²) in [5.41, 5.74) is 4.94. The van der Waals surface area contributed by atoms with Gasteiger partial charge >= 0.3 is 12.4 Å². The first-order valence-electron chi connectivity index (χ1n) is 13.1. The monoisotopic (exact) mass is 575 g/mol. The van der Waals surface area contributed by atoms with E-state index in [1.165, 1.54) is 6.92 Å². The number of nitrogens with one attached hydrogen (secondary N) is 2. The van der Waals surface area contributed by atoms with Crippen LogP contribution in [0.5, 0.6) is 0 Å². The van der Waals surface area contributed by atoms with E-state index in [1.54, 1.807) is 6.34 Å². The molecule has 40 heavy (non-hydrogen) atoms. The Balaban J connectivity index is 1.59. The maximum atomic E-state index is 13.4. The Morgan fingerprint density at radius 3 is 2.35 bits per heavy atom. The third kappa shape index (κ3) is 6.48. The molecule has 13 heteroatoms. The van der Waals surface area contributed by atoms with Crippen LogP contribution in [0, 0.1) is 11.8 Å². The van der Waals surface area contributed by atoms with Crippen molar-refractivity contribution in [3.05, 3.63) is 59.2 Å². The van der Waals surface area contributed by atoms with Crippen molar-refractivity contribution in [3.63, 3.8) is 0 Å². The molecule has 0 bridgehead atoms. The molecule has 2 unspecified atom stereocenters. The SMILES string of the molecule is CC1C=CC=CC1[C@]1(CO[C@H](C)c2cc(C(F)(F)F)cc(C(F)(F)F)c2)CC[C@](CN)(N2C=NNCOC2)CN1. The summed E-state index contributed by atoms with van der Waals surface area (Å²) >= 11 is 0. The number of alkyl halides is 6. The lowest BCUT2D eigenvalue weighted by atomic mass is 9.68. The molecule has 0 spiro atoms. The second-order valence-corrected chi connectivity index (χ2v) is 10.7. The predicted molar refractivity (Wildman–Crippen MR) is 138 cm³/mol. The van der Waals surface area contributed by atoms with Gasteiger partial charge in [0, 0.05) is 24.5 Å². The molecule has 1 aromatic carbocycles. The topological polar surface area (TPSA) is 84.1 Å². The minimum absolute atomic E-state index is 0.0385. The van der Waals surface area contributed by atoms with Crippen LogP contribution >= 0.6 is 0 Å². The molecule has 2 heterocycles. The zero-order valence-electron chi connectivity index (χ0n) is 22.4.